The van der Waals surface area contributed by atoms with Crippen LogP contribution in [0.25, 0.3) is 0 Å². The lowest BCUT2D eigenvalue weighted by atomic mass is 9.97. The molecular weight excluding hydrogens is 260 g/mol. The van der Waals surface area contributed by atoms with Gasteiger partial charge in [-0.15, -0.1) is 0 Å². The van der Waals surface area contributed by atoms with Crippen molar-refractivity contribution in [3.8, 4) is 0 Å². The number of hydrogen-bond acceptors (Lipinski definition) is 2. The van der Waals surface area contributed by atoms with E-state index in [1.807, 2.05) is 17.8 Å². The number of thioether (sulfide) groups is 1. The average molecular weight is 273 g/mol. The topological polar surface area (TPSA) is 20.2 Å². The summed E-state index contributed by atoms with van der Waals surface area (Å²) in [6.45, 7) is 4.18. The van der Waals surface area contributed by atoms with Gasteiger partial charge >= 0.3 is 0 Å². The number of halogens is 1. The number of fused-ring (bicyclic) bond motifs is 1. The maximum absolute atomic E-state index is 10.1. The van der Waals surface area contributed by atoms with Crippen molar-refractivity contribution >= 4 is 27.7 Å². The highest BCUT2D eigenvalue weighted by Gasteiger charge is 2.27. The zero-order chi connectivity index (χ0) is 10.3. The van der Waals surface area contributed by atoms with Crippen LogP contribution in [0.15, 0.2) is 16.6 Å². The maximum atomic E-state index is 10.1. The summed E-state index contributed by atoms with van der Waals surface area (Å²) < 4.78 is 1.04. The SMILES string of the molecule is Cc1ccc(Br)c2c1CSC(C)C2O. The van der Waals surface area contributed by atoms with Gasteiger partial charge in [0.2, 0.25) is 0 Å². The Morgan fingerprint density at radius 3 is 2.93 bits per heavy atom. The highest BCUT2D eigenvalue weighted by atomic mass is 79.9. The molecule has 1 N–H and O–H groups in total. The van der Waals surface area contributed by atoms with E-state index in [-0.39, 0.29) is 6.10 Å². The van der Waals surface area contributed by atoms with Crippen LogP contribution in [0.1, 0.15) is 29.7 Å². The summed E-state index contributed by atoms with van der Waals surface area (Å²) in [5, 5.41) is 10.4. The molecule has 0 saturated heterocycles. The number of aryl methyl sites for hydroxylation is 1. The van der Waals surface area contributed by atoms with Gasteiger partial charge in [0, 0.05) is 21.0 Å². The van der Waals surface area contributed by atoms with Crippen LogP contribution in [0, 0.1) is 6.92 Å². The molecule has 2 unspecified atom stereocenters. The summed E-state index contributed by atoms with van der Waals surface area (Å²) in [7, 11) is 0. The molecule has 0 saturated carbocycles. The van der Waals surface area contributed by atoms with Gasteiger partial charge in [0.15, 0.2) is 0 Å². The third kappa shape index (κ3) is 1.62. The first kappa shape index (κ1) is 10.5. The van der Waals surface area contributed by atoms with Crippen molar-refractivity contribution in [1.29, 1.82) is 0 Å². The van der Waals surface area contributed by atoms with E-state index in [0.29, 0.717) is 5.25 Å². The van der Waals surface area contributed by atoms with Gasteiger partial charge in [-0.05, 0) is 24.1 Å². The molecule has 1 aromatic rings. The molecule has 1 aromatic carbocycles. The van der Waals surface area contributed by atoms with Crippen LogP contribution in [0.5, 0.6) is 0 Å². The molecule has 0 aromatic heterocycles. The Labute approximate surface area is 97.0 Å². The molecule has 0 bridgehead atoms. The van der Waals surface area contributed by atoms with E-state index in [1.54, 1.807) is 0 Å². The highest BCUT2D eigenvalue weighted by molar-refractivity contribution is 9.10. The lowest BCUT2D eigenvalue weighted by Crippen LogP contribution is -2.19. The van der Waals surface area contributed by atoms with E-state index in [4.69, 9.17) is 0 Å². The fourth-order valence-corrected chi connectivity index (χ4v) is 3.53. The largest absolute Gasteiger partial charge is 0.387 e. The van der Waals surface area contributed by atoms with E-state index < -0.39 is 0 Å². The third-order valence-corrected chi connectivity index (χ3v) is 4.70. The van der Waals surface area contributed by atoms with Crippen LogP contribution in [-0.4, -0.2) is 10.4 Å². The molecular formula is C11H13BrOS. The van der Waals surface area contributed by atoms with Crippen molar-refractivity contribution in [2.45, 2.75) is 31.0 Å². The first-order chi connectivity index (χ1) is 6.61. The van der Waals surface area contributed by atoms with Crippen LogP contribution >= 0.6 is 27.7 Å². The Bertz CT molecular complexity index is 365. The van der Waals surface area contributed by atoms with Crippen molar-refractivity contribution < 1.29 is 5.11 Å². The second-order valence-corrected chi connectivity index (χ2v) is 5.94. The lowest BCUT2D eigenvalue weighted by Gasteiger charge is -2.29. The number of aliphatic hydroxyl groups excluding tert-OH is 1. The molecule has 0 fully saturated rings. The smallest absolute Gasteiger partial charge is 0.0919 e. The summed E-state index contributed by atoms with van der Waals surface area (Å²) in [4.78, 5) is 0. The number of hydrogen-bond donors (Lipinski definition) is 1. The van der Waals surface area contributed by atoms with Crippen molar-refractivity contribution in [3.63, 3.8) is 0 Å². The zero-order valence-corrected chi connectivity index (χ0v) is 10.7. The molecule has 1 nitrogen and oxygen atoms in total. The van der Waals surface area contributed by atoms with Crippen molar-refractivity contribution in [2.75, 3.05) is 0 Å². The molecule has 2 atom stereocenters. The minimum Gasteiger partial charge on any atom is -0.387 e. The van der Waals surface area contributed by atoms with E-state index in [9.17, 15) is 5.11 Å². The van der Waals surface area contributed by atoms with Gasteiger partial charge in [0.25, 0.3) is 0 Å². The molecule has 0 aliphatic carbocycles. The zero-order valence-electron chi connectivity index (χ0n) is 8.25. The van der Waals surface area contributed by atoms with Crippen LogP contribution in [0.4, 0.5) is 0 Å². The Hall–Kier alpha value is 0.01000. The quantitative estimate of drug-likeness (QED) is 0.781. The summed E-state index contributed by atoms with van der Waals surface area (Å²) in [6, 6.07) is 4.13. The van der Waals surface area contributed by atoms with E-state index in [2.05, 4.69) is 35.8 Å². The van der Waals surface area contributed by atoms with Crippen LogP contribution in [-0.2, 0) is 5.75 Å². The molecule has 0 radical (unpaired) electrons. The summed E-state index contributed by atoms with van der Waals surface area (Å²) in [5.41, 5.74) is 3.67. The normalized spacial score (nSPS) is 26.0. The average Bonchev–Trinajstić information content (AvgIpc) is 2.16. The van der Waals surface area contributed by atoms with Crippen LogP contribution in [0.2, 0.25) is 0 Å². The fraction of sp³-hybridized carbons (Fsp3) is 0.455. The monoisotopic (exact) mass is 272 g/mol. The summed E-state index contributed by atoms with van der Waals surface area (Å²) in [5.74, 6) is 1.01. The number of rotatable bonds is 0. The molecule has 2 rings (SSSR count). The lowest BCUT2D eigenvalue weighted by molar-refractivity contribution is 0.176. The Kier molecular flexibility index (Phi) is 2.91. The minimum atomic E-state index is -0.335. The minimum absolute atomic E-state index is 0.292. The number of aliphatic hydroxyl groups is 1. The molecule has 3 heteroatoms. The molecule has 1 aliphatic rings. The Morgan fingerprint density at radius 1 is 1.50 bits per heavy atom. The van der Waals surface area contributed by atoms with Gasteiger partial charge in [-0.2, -0.15) is 11.8 Å². The van der Waals surface area contributed by atoms with Crippen molar-refractivity contribution in [2.24, 2.45) is 0 Å². The van der Waals surface area contributed by atoms with E-state index in [1.165, 1.54) is 11.1 Å². The van der Waals surface area contributed by atoms with Crippen molar-refractivity contribution in [3.05, 3.63) is 33.3 Å². The second-order valence-electron chi connectivity index (χ2n) is 3.72. The van der Waals surface area contributed by atoms with Gasteiger partial charge in [0.05, 0.1) is 6.10 Å². The summed E-state index contributed by atoms with van der Waals surface area (Å²) >= 11 is 5.34. The Balaban J connectivity index is 2.58. The molecule has 76 valence electrons. The van der Waals surface area contributed by atoms with E-state index in [0.717, 1.165) is 15.8 Å². The van der Waals surface area contributed by atoms with Gasteiger partial charge in [-0.3, -0.25) is 0 Å². The van der Waals surface area contributed by atoms with Gasteiger partial charge in [0.1, 0.15) is 0 Å². The van der Waals surface area contributed by atoms with Gasteiger partial charge in [-0.25, -0.2) is 0 Å². The fourth-order valence-electron chi connectivity index (χ4n) is 1.80. The molecule has 0 amide bonds. The standard InChI is InChI=1S/C11H13BrOS/c1-6-3-4-9(12)10-8(6)5-14-7(2)11(10)13/h3-4,7,11,13H,5H2,1-2H3. The van der Waals surface area contributed by atoms with Crippen LogP contribution < -0.4 is 0 Å². The predicted molar refractivity (Wildman–Crippen MR) is 64.6 cm³/mol. The second kappa shape index (κ2) is 3.87. The first-order valence-corrected chi connectivity index (χ1v) is 6.53. The first-order valence-electron chi connectivity index (χ1n) is 4.69. The predicted octanol–water partition coefficient (Wildman–Crippen LogP) is 3.43. The highest BCUT2D eigenvalue weighted by Crippen LogP contribution is 2.41. The molecule has 1 heterocycles. The summed E-state index contributed by atoms with van der Waals surface area (Å²) in [6.07, 6.45) is -0.335. The van der Waals surface area contributed by atoms with Crippen LogP contribution in [0.3, 0.4) is 0 Å². The van der Waals surface area contributed by atoms with Gasteiger partial charge in [-0.1, -0.05) is 28.9 Å². The third-order valence-electron chi connectivity index (χ3n) is 2.77. The Morgan fingerprint density at radius 2 is 2.21 bits per heavy atom. The number of benzene rings is 1. The molecule has 14 heavy (non-hydrogen) atoms. The van der Waals surface area contributed by atoms with E-state index >= 15 is 0 Å². The molecule has 0 spiro atoms. The maximum Gasteiger partial charge on any atom is 0.0919 e. The van der Waals surface area contributed by atoms with Crippen molar-refractivity contribution in [1.82, 2.24) is 0 Å². The molecule has 1 aliphatic heterocycles. The van der Waals surface area contributed by atoms with Gasteiger partial charge < -0.3 is 5.11 Å².